The molecule has 13 heavy (non-hydrogen) atoms. The summed E-state index contributed by atoms with van der Waals surface area (Å²) in [7, 11) is 0. The van der Waals surface area contributed by atoms with Gasteiger partial charge in [0, 0.05) is 17.9 Å². The Hall–Kier alpha value is -0.930. The number of hydrogen-bond acceptors (Lipinski definition) is 0. The highest BCUT2D eigenvalue weighted by molar-refractivity contribution is 5.15. The van der Waals surface area contributed by atoms with E-state index in [9.17, 15) is 13.2 Å². The highest BCUT2D eigenvalue weighted by Gasteiger charge is 2.32. The first kappa shape index (κ1) is 10.2. The van der Waals surface area contributed by atoms with Gasteiger partial charge >= 0.3 is 6.18 Å². The molecule has 1 aromatic rings. The fraction of sp³-hybridized carbons (Fsp3) is 0.556. The first-order chi connectivity index (χ1) is 5.71. The van der Waals surface area contributed by atoms with E-state index in [-0.39, 0.29) is 5.54 Å². The number of halogens is 3. The molecule has 0 saturated heterocycles. The second-order valence-electron chi connectivity index (χ2n) is 3.98. The Balaban J connectivity index is 3.01. The second-order valence-corrected chi connectivity index (χ2v) is 3.98. The monoisotopic (exact) mass is 191 g/mol. The van der Waals surface area contributed by atoms with Gasteiger partial charge in [0.2, 0.25) is 0 Å². The molecule has 0 aliphatic carbocycles. The first-order valence-electron chi connectivity index (χ1n) is 3.97. The summed E-state index contributed by atoms with van der Waals surface area (Å²) in [6.45, 7) is 5.56. The first-order valence-corrected chi connectivity index (χ1v) is 3.97. The van der Waals surface area contributed by atoms with E-state index in [4.69, 9.17) is 0 Å². The van der Waals surface area contributed by atoms with Crippen LogP contribution in [0.4, 0.5) is 13.2 Å². The molecule has 0 aliphatic heterocycles. The molecule has 0 N–H and O–H groups in total. The summed E-state index contributed by atoms with van der Waals surface area (Å²) in [4.78, 5) is 0. The quantitative estimate of drug-likeness (QED) is 0.593. The van der Waals surface area contributed by atoms with Crippen molar-refractivity contribution in [2.45, 2.75) is 32.5 Å². The van der Waals surface area contributed by atoms with Crippen LogP contribution < -0.4 is 0 Å². The van der Waals surface area contributed by atoms with Gasteiger partial charge in [0.15, 0.2) is 0 Å². The fourth-order valence-electron chi connectivity index (χ4n) is 0.981. The van der Waals surface area contributed by atoms with Crippen molar-refractivity contribution in [2.75, 3.05) is 0 Å². The molecule has 0 atom stereocenters. The Labute approximate surface area is 75.2 Å². The molecule has 0 fully saturated rings. The van der Waals surface area contributed by atoms with Crippen LogP contribution in [0, 0.1) is 0 Å². The van der Waals surface area contributed by atoms with Gasteiger partial charge in [-0.1, -0.05) is 0 Å². The van der Waals surface area contributed by atoms with Gasteiger partial charge in [-0.25, -0.2) is 0 Å². The van der Waals surface area contributed by atoms with Crippen molar-refractivity contribution in [1.29, 1.82) is 0 Å². The molecular weight excluding hydrogens is 179 g/mol. The predicted molar refractivity (Wildman–Crippen MR) is 44.4 cm³/mol. The topological polar surface area (TPSA) is 4.93 Å². The molecule has 74 valence electrons. The lowest BCUT2D eigenvalue weighted by Gasteiger charge is -2.20. The minimum Gasteiger partial charge on any atom is -0.348 e. The molecule has 1 rings (SSSR count). The second kappa shape index (κ2) is 2.79. The Morgan fingerprint density at radius 1 is 1.15 bits per heavy atom. The maximum atomic E-state index is 12.2. The zero-order chi connectivity index (χ0) is 10.3. The largest absolute Gasteiger partial charge is 0.417 e. The highest BCUT2D eigenvalue weighted by Crippen LogP contribution is 2.30. The maximum absolute atomic E-state index is 12.2. The molecule has 0 aliphatic rings. The SMILES string of the molecule is CC(C)(C)n1ccc(C(F)(F)F)c1. The van der Waals surface area contributed by atoms with E-state index in [0.717, 1.165) is 12.3 Å². The Morgan fingerprint density at radius 2 is 1.69 bits per heavy atom. The molecule has 0 aromatic carbocycles. The van der Waals surface area contributed by atoms with Gasteiger partial charge in [-0.15, -0.1) is 0 Å². The van der Waals surface area contributed by atoms with Gasteiger partial charge in [-0.05, 0) is 26.8 Å². The van der Waals surface area contributed by atoms with Crippen LogP contribution in [0.25, 0.3) is 0 Å². The average molecular weight is 191 g/mol. The average Bonchev–Trinajstić information content (AvgIpc) is 2.28. The van der Waals surface area contributed by atoms with Crippen molar-refractivity contribution in [3.63, 3.8) is 0 Å². The van der Waals surface area contributed by atoms with Crippen molar-refractivity contribution >= 4 is 0 Å². The minimum absolute atomic E-state index is 0.302. The van der Waals surface area contributed by atoms with Crippen LogP contribution in [-0.4, -0.2) is 4.57 Å². The van der Waals surface area contributed by atoms with E-state index in [1.165, 1.54) is 6.20 Å². The normalized spacial score (nSPS) is 13.4. The summed E-state index contributed by atoms with van der Waals surface area (Å²) < 4.78 is 38.1. The lowest BCUT2D eigenvalue weighted by Crippen LogP contribution is -2.19. The molecule has 0 saturated carbocycles. The zero-order valence-corrected chi connectivity index (χ0v) is 7.81. The van der Waals surface area contributed by atoms with Crippen LogP contribution in [-0.2, 0) is 11.7 Å². The van der Waals surface area contributed by atoms with Gasteiger partial charge < -0.3 is 4.57 Å². The van der Waals surface area contributed by atoms with Crippen molar-refractivity contribution < 1.29 is 13.2 Å². The van der Waals surface area contributed by atoms with Crippen molar-refractivity contribution in [2.24, 2.45) is 0 Å². The van der Waals surface area contributed by atoms with Crippen LogP contribution in [0.1, 0.15) is 26.3 Å². The third-order valence-electron chi connectivity index (χ3n) is 1.79. The lowest BCUT2D eigenvalue weighted by molar-refractivity contribution is -0.137. The standard InChI is InChI=1S/C9H12F3N/c1-8(2,3)13-5-4-7(6-13)9(10,11)12/h4-6H,1-3H3. The van der Waals surface area contributed by atoms with Crippen LogP contribution in [0.15, 0.2) is 18.5 Å². The van der Waals surface area contributed by atoms with Gasteiger partial charge in [0.25, 0.3) is 0 Å². The van der Waals surface area contributed by atoms with E-state index in [2.05, 4.69) is 0 Å². The van der Waals surface area contributed by atoms with E-state index in [1.807, 2.05) is 20.8 Å². The number of alkyl halides is 3. The Kier molecular flexibility index (Phi) is 2.18. The molecule has 1 aromatic heterocycles. The van der Waals surface area contributed by atoms with Gasteiger partial charge in [-0.2, -0.15) is 13.2 Å². The fourth-order valence-corrected chi connectivity index (χ4v) is 0.981. The van der Waals surface area contributed by atoms with Crippen molar-refractivity contribution in [3.05, 3.63) is 24.0 Å². The Bertz CT molecular complexity index is 262. The van der Waals surface area contributed by atoms with Crippen LogP contribution >= 0.6 is 0 Å². The van der Waals surface area contributed by atoms with Crippen LogP contribution in [0.3, 0.4) is 0 Å². The molecular formula is C9H12F3N. The summed E-state index contributed by atoms with van der Waals surface area (Å²) in [6.07, 6.45) is -1.67. The van der Waals surface area contributed by atoms with E-state index in [1.54, 1.807) is 4.57 Å². The van der Waals surface area contributed by atoms with Gasteiger partial charge in [0.05, 0.1) is 5.56 Å². The maximum Gasteiger partial charge on any atom is 0.417 e. The molecule has 4 heteroatoms. The van der Waals surface area contributed by atoms with Gasteiger partial charge in [0.1, 0.15) is 0 Å². The summed E-state index contributed by atoms with van der Waals surface area (Å²) in [5.74, 6) is 0. The molecule has 0 radical (unpaired) electrons. The molecule has 0 amide bonds. The molecule has 1 heterocycles. The van der Waals surface area contributed by atoms with Gasteiger partial charge in [-0.3, -0.25) is 0 Å². The molecule has 1 nitrogen and oxygen atoms in total. The summed E-state index contributed by atoms with van der Waals surface area (Å²) in [5.41, 5.74) is -0.897. The Morgan fingerprint density at radius 3 is 1.92 bits per heavy atom. The number of nitrogens with zero attached hydrogens (tertiary/aromatic N) is 1. The van der Waals surface area contributed by atoms with E-state index in [0.29, 0.717) is 0 Å². The van der Waals surface area contributed by atoms with Crippen LogP contribution in [0.5, 0.6) is 0 Å². The minimum atomic E-state index is -4.24. The molecule has 0 unspecified atom stereocenters. The van der Waals surface area contributed by atoms with Crippen LogP contribution in [0.2, 0.25) is 0 Å². The number of rotatable bonds is 0. The summed E-state index contributed by atoms with van der Waals surface area (Å²) in [5, 5.41) is 0. The third-order valence-corrected chi connectivity index (χ3v) is 1.79. The van der Waals surface area contributed by atoms with E-state index >= 15 is 0 Å². The molecule has 0 spiro atoms. The summed E-state index contributed by atoms with van der Waals surface area (Å²) in [6, 6.07) is 1.09. The number of aromatic nitrogens is 1. The lowest BCUT2D eigenvalue weighted by atomic mass is 10.1. The van der Waals surface area contributed by atoms with Crippen molar-refractivity contribution in [1.82, 2.24) is 4.57 Å². The van der Waals surface area contributed by atoms with E-state index < -0.39 is 11.7 Å². The third kappa shape index (κ3) is 2.26. The highest BCUT2D eigenvalue weighted by atomic mass is 19.4. The smallest absolute Gasteiger partial charge is 0.348 e. The predicted octanol–water partition coefficient (Wildman–Crippen LogP) is 3.26. The van der Waals surface area contributed by atoms with Crippen molar-refractivity contribution in [3.8, 4) is 0 Å². The molecule has 0 bridgehead atoms. The number of hydrogen-bond donors (Lipinski definition) is 0. The summed E-state index contributed by atoms with van der Waals surface area (Å²) >= 11 is 0. The zero-order valence-electron chi connectivity index (χ0n) is 7.81.